The Morgan fingerprint density at radius 1 is 1.83 bits per heavy atom. The van der Waals surface area contributed by atoms with Gasteiger partial charge in [0.15, 0.2) is 0 Å². The van der Waals surface area contributed by atoms with Crippen LogP contribution in [-0.2, 0) is 0 Å². The third-order valence-corrected chi connectivity index (χ3v) is 0.593. The van der Waals surface area contributed by atoms with Gasteiger partial charge in [-0.3, -0.25) is 5.32 Å². The second kappa shape index (κ2) is 1.41. The fraction of sp³-hybridized carbons (Fsp3) is 0.250. The van der Waals surface area contributed by atoms with E-state index in [-0.39, 0.29) is 0 Å². The first-order valence-electron chi connectivity index (χ1n) is 1.75. The van der Waals surface area contributed by atoms with Crippen molar-refractivity contribution < 1.29 is 5.11 Å². The predicted octanol–water partition coefficient (Wildman–Crippen LogP) is -0.497. The van der Waals surface area contributed by atoms with Gasteiger partial charge in [0.1, 0.15) is 6.23 Å². The molecule has 1 atom stereocenters. The lowest BCUT2D eigenvalue weighted by Gasteiger charge is -1.92. The third kappa shape index (κ3) is 0.584. The highest BCUT2D eigenvalue weighted by Gasteiger charge is 1.99. The standard InChI is InChI=1S/C4H5NO/c6-4-2-1-3-5-4/h1-2,4-6H. The van der Waals surface area contributed by atoms with E-state index in [2.05, 4.69) is 11.9 Å². The van der Waals surface area contributed by atoms with Crippen LogP contribution in [0.2, 0.25) is 0 Å². The Hall–Kier alpha value is -0.340. The molecule has 0 aromatic carbocycles. The largest absolute Gasteiger partial charge is 0.375 e. The molecule has 0 aliphatic carbocycles. The van der Waals surface area contributed by atoms with E-state index in [1.54, 1.807) is 12.2 Å². The van der Waals surface area contributed by atoms with Crippen LogP contribution in [0.3, 0.4) is 0 Å². The van der Waals surface area contributed by atoms with Crippen LogP contribution in [0.5, 0.6) is 0 Å². The molecule has 0 saturated carbocycles. The van der Waals surface area contributed by atoms with E-state index in [1.165, 1.54) is 0 Å². The minimum absolute atomic E-state index is 0.495. The molecule has 1 rings (SSSR count). The van der Waals surface area contributed by atoms with Crippen molar-refractivity contribution in [2.75, 3.05) is 0 Å². The summed E-state index contributed by atoms with van der Waals surface area (Å²) in [7, 11) is 0. The summed E-state index contributed by atoms with van der Waals surface area (Å²) >= 11 is 0. The Bertz CT molecular complexity index is 69.9. The zero-order valence-electron chi connectivity index (χ0n) is 3.18. The van der Waals surface area contributed by atoms with Crippen molar-refractivity contribution in [2.24, 2.45) is 0 Å². The summed E-state index contributed by atoms with van der Waals surface area (Å²) in [5.74, 6) is 0. The Morgan fingerprint density at radius 3 is 2.83 bits per heavy atom. The maximum atomic E-state index is 8.47. The van der Waals surface area contributed by atoms with Crippen LogP contribution in [0.15, 0.2) is 12.2 Å². The van der Waals surface area contributed by atoms with E-state index in [9.17, 15) is 0 Å². The third-order valence-electron chi connectivity index (χ3n) is 0.593. The zero-order valence-corrected chi connectivity index (χ0v) is 3.18. The molecule has 2 N–H and O–H groups in total. The van der Waals surface area contributed by atoms with Gasteiger partial charge in [0.05, 0.1) is 6.54 Å². The second-order valence-corrected chi connectivity index (χ2v) is 1.09. The Kier molecular flexibility index (Phi) is 0.900. The lowest BCUT2D eigenvalue weighted by molar-refractivity contribution is 0.205. The Morgan fingerprint density at radius 2 is 2.67 bits per heavy atom. The first kappa shape index (κ1) is 3.84. The van der Waals surface area contributed by atoms with Crippen LogP contribution >= 0.6 is 0 Å². The molecule has 1 heterocycles. The van der Waals surface area contributed by atoms with Gasteiger partial charge in [-0.2, -0.15) is 0 Å². The summed E-state index contributed by atoms with van der Waals surface area (Å²) in [5, 5.41) is 11.0. The molecule has 6 heavy (non-hydrogen) atoms. The van der Waals surface area contributed by atoms with Crippen molar-refractivity contribution in [1.82, 2.24) is 5.32 Å². The number of aliphatic hydroxyl groups is 1. The lowest BCUT2D eigenvalue weighted by atomic mass is 10.6. The molecule has 2 radical (unpaired) electrons. The highest BCUT2D eigenvalue weighted by molar-refractivity contribution is 5.04. The van der Waals surface area contributed by atoms with Gasteiger partial charge in [0.25, 0.3) is 0 Å². The zero-order chi connectivity index (χ0) is 4.41. The van der Waals surface area contributed by atoms with E-state index >= 15 is 0 Å². The van der Waals surface area contributed by atoms with Gasteiger partial charge in [-0.1, -0.05) is 6.08 Å². The summed E-state index contributed by atoms with van der Waals surface area (Å²) in [4.78, 5) is 0. The summed E-state index contributed by atoms with van der Waals surface area (Å²) in [5.41, 5.74) is 0. The maximum Gasteiger partial charge on any atom is 0.124 e. The molecule has 0 saturated heterocycles. The smallest absolute Gasteiger partial charge is 0.124 e. The quantitative estimate of drug-likeness (QED) is 0.414. The van der Waals surface area contributed by atoms with Crippen molar-refractivity contribution in [3.8, 4) is 0 Å². The van der Waals surface area contributed by atoms with Crippen molar-refractivity contribution >= 4 is 0 Å². The predicted molar refractivity (Wildman–Crippen MR) is 21.5 cm³/mol. The van der Waals surface area contributed by atoms with Crippen LogP contribution in [0.25, 0.3) is 0 Å². The van der Waals surface area contributed by atoms with Gasteiger partial charge in [0.2, 0.25) is 0 Å². The number of nitrogens with one attached hydrogen (secondary N) is 1. The van der Waals surface area contributed by atoms with Gasteiger partial charge in [-0.15, -0.1) is 0 Å². The maximum absolute atomic E-state index is 8.47. The molecule has 0 amide bonds. The Balaban J connectivity index is 2.38. The number of hydrogen-bond donors (Lipinski definition) is 2. The van der Waals surface area contributed by atoms with Crippen LogP contribution in [-0.4, -0.2) is 11.3 Å². The summed E-state index contributed by atoms with van der Waals surface area (Å²) < 4.78 is 0. The van der Waals surface area contributed by atoms with Crippen LogP contribution in [0, 0.1) is 6.54 Å². The Labute approximate surface area is 36.5 Å². The fourth-order valence-electron chi connectivity index (χ4n) is 0.321. The normalized spacial score (nSPS) is 31.8. The molecule has 1 aliphatic rings. The van der Waals surface area contributed by atoms with Crippen molar-refractivity contribution in [1.29, 1.82) is 0 Å². The average molecular weight is 83.1 g/mol. The molecule has 0 aromatic heterocycles. The van der Waals surface area contributed by atoms with Crippen LogP contribution in [0.4, 0.5) is 0 Å². The molecule has 0 aromatic rings. The van der Waals surface area contributed by atoms with Crippen molar-refractivity contribution in [3.05, 3.63) is 18.7 Å². The highest BCUT2D eigenvalue weighted by atomic mass is 16.3. The molecular weight excluding hydrogens is 78.0 g/mol. The van der Waals surface area contributed by atoms with E-state index < -0.39 is 6.23 Å². The SMILES string of the molecule is OC1C=C[C]N1. The van der Waals surface area contributed by atoms with Gasteiger partial charge in [-0.05, 0) is 6.08 Å². The van der Waals surface area contributed by atoms with Gasteiger partial charge >= 0.3 is 0 Å². The van der Waals surface area contributed by atoms with E-state index in [4.69, 9.17) is 5.11 Å². The van der Waals surface area contributed by atoms with E-state index in [1.807, 2.05) is 0 Å². The molecule has 32 valence electrons. The number of rotatable bonds is 0. The first-order chi connectivity index (χ1) is 2.89. The van der Waals surface area contributed by atoms with Crippen molar-refractivity contribution in [3.63, 3.8) is 0 Å². The van der Waals surface area contributed by atoms with Gasteiger partial charge in [0, 0.05) is 0 Å². The topological polar surface area (TPSA) is 32.3 Å². The minimum Gasteiger partial charge on any atom is -0.375 e. The average Bonchev–Trinajstić information content (AvgIpc) is 1.86. The fourth-order valence-corrected chi connectivity index (χ4v) is 0.321. The minimum atomic E-state index is -0.495. The molecule has 2 heteroatoms. The van der Waals surface area contributed by atoms with E-state index in [0.29, 0.717) is 0 Å². The monoisotopic (exact) mass is 83.0 g/mol. The number of hydrogen-bond acceptors (Lipinski definition) is 2. The molecule has 1 aliphatic heterocycles. The summed E-state index contributed by atoms with van der Waals surface area (Å²) in [6, 6.07) is 0. The molecule has 1 unspecified atom stereocenters. The molecular formula is C4H5NO. The van der Waals surface area contributed by atoms with E-state index in [0.717, 1.165) is 0 Å². The summed E-state index contributed by atoms with van der Waals surface area (Å²) in [6.45, 7) is 2.59. The second-order valence-electron chi connectivity index (χ2n) is 1.09. The molecule has 0 bridgehead atoms. The molecule has 0 fully saturated rings. The van der Waals surface area contributed by atoms with Gasteiger partial charge < -0.3 is 5.11 Å². The summed E-state index contributed by atoms with van der Waals surface area (Å²) in [6.07, 6.45) is 2.76. The van der Waals surface area contributed by atoms with Crippen molar-refractivity contribution in [2.45, 2.75) is 6.23 Å². The number of aliphatic hydroxyl groups excluding tert-OH is 1. The van der Waals surface area contributed by atoms with Crippen LogP contribution < -0.4 is 5.32 Å². The first-order valence-corrected chi connectivity index (χ1v) is 1.75. The lowest BCUT2D eigenvalue weighted by Crippen LogP contribution is -2.17. The highest BCUT2D eigenvalue weighted by Crippen LogP contribution is 1.90. The molecule has 0 spiro atoms. The molecule has 2 nitrogen and oxygen atoms in total. The van der Waals surface area contributed by atoms with Crippen LogP contribution in [0.1, 0.15) is 0 Å². The van der Waals surface area contributed by atoms with Gasteiger partial charge in [-0.25, -0.2) is 0 Å².